The Morgan fingerprint density at radius 3 is 3.06 bits per heavy atom. The van der Waals surface area contributed by atoms with E-state index < -0.39 is 0 Å². The predicted molar refractivity (Wildman–Crippen MR) is 73.3 cm³/mol. The lowest BCUT2D eigenvalue weighted by Gasteiger charge is -2.19. The number of aryl methyl sites for hydroxylation is 1. The molecule has 1 unspecified atom stereocenters. The third-order valence-corrected chi connectivity index (χ3v) is 3.73. The number of hydrogen-bond acceptors (Lipinski definition) is 3. The molecular formula is C13H18N2OS. The molecule has 1 amide bonds. The van der Waals surface area contributed by atoms with Gasteiger partial charge < -0.3 is 11.1 Å². The highest BCUT2D eigenvalue weighted by Gasteiger charge is 2.16. The third-order valence-electron chi connectivity index (χ3n) is 3.09. The fraction of sp³-hybridized carbons (Fsp3) is 0.462. The molecule has 0 saturated carbocycles. The summed E-state index contributed by atoms with van der Waals surface area (Å²) in [4.78, 5) is 11.2. The lowest BCUT2D eigenvalue weighted by Crippen LogP contribution is -2.20. The van der Waals surface area contributed by atoms with Crippen LogP contribution >= 0.6 is 11.8 Å². The normalized spacial score (nSPS) is 16.2. The molecule has 1 atom stereocenters. The summed E-state index contributed by atoms with van der Waals surface area (Å²) in [5.41, 5.74) is 9.47. The number of nitrogens with one attached hydrogen (secondary N) is 1. The molecule has 0 radical (unpaired) electrons. The minimum atomic E-state index is 0.102. The highest BCUT2D eigenvalue weighted by atomic mass is 32.2. The molecule has 0 aliphatic carbocycles. The van der Waals surface area contributed by atoms with Crippen LogP contribution in [-0.2, 0) is 11.2 Å². The second kappa shape index (κ2) is 5.56. The summed E-state index contributed by atoms with van der Waals surface area (Å²) in [6.45, 7) is 0. The topological polar surface area (TPSA) is 55.1 Å². The first-order valence-corrected chi connectivity index (χ1v) is 7.27. The molecule has 92 valence electrons. The zero-order chi connectivity index (χ0) is 12.3. The van der Waals surface area contributed by atoms with Crippen molar-refractivity contribution >= 4 is 23.4 Å². The highest BCUT2D eigenvalue weighted by Crippen LogP contribution is 2.26. The average Bonchev–Trinajstić information content (AvgIpc) is 2.35. The van der Waals surface area contributed by atoms with Crippen molar-refractivity contribution in [3.63, 3.8) is 0 Å². The Balaban J connectivity index is 2.13. The van der Waals surface area contributed by atoms with Gasteiger partial charge in [-0.15, -0.1) is 0 Å². The van der Waals surface area contributed by atoms with Crippen LogP contribution in [0.3, 0.4) is 0 Å². The van der Waals surface area contributed by atoms with Gasteiger partial charge >= 0.3 is 0 Å². The number of carbonyl (C=O) groups is 1. The van der Waals surface area contributed by atoms with Crippen LogP contribution in [0.5, 0.6) is 0 Å². The zero-order valence-electron chi connectivity index (χ0n) is 10.0. The number of thioether (sulfide) groups is 1. The Morgan fingerprint density at radius 2 is 2.29 bits per heavy atom. The van der Waals surface area contributed by atoms with Crippen molar-refractivity contribution in [3.8, 4) is 0 Å². The Hall–Kier alpha value is -1.00. The molecule has 1 aliphatic heterocycles. The quantitative estimate of drug-likeness (QED) is 0.862. The molecule has 0 spiro atoms. The van der Waals surface area contributed by atoms with Crippen molar-refractivity contribution in [2.45, 2.75) is 25.3 Å². The van der Waals surface area contributed by atoms with E-state index in [2.05, 4.69) is 17.6 Å². The van der Waals surface area contributed by atoms with Crippen molar-refractivity contribution in [1.82, 2.24) is 0 Å². The molecule has 1 aromatic carbocycles. The van der Waals surface area contributed by atoms with Gasteiger partial charge in [0.05, 0.1) is 0 Å². The van der Waals surface area contributed by atoms with Crippen molar-refractivity contribution in [1.29, 1.82) is 0 Å². The lowest BCUT2D eigenvalue weighted by molar-refractivity contribution is -0.116. The highest BCUT2D eigenvalue weighted by molar-refractivity contribution is 7.98. The van der Waals surface area contributed by atoms with E-state index in [9.17, 15) is 4.79 Å². The van der Waals surface area contributed by atoms with Crippen LogP contribution in [0.1, 0.15) is 30.0 Å². The monoisotopic (exact) mass is 250 g/mol. The number of benzene rings is 1. The van der Waals surface area contributed by atoms with Crippen molar-refractivity contribution < 1.29 is 4.79 Å². The molecule has 1 heterocycles. The number of fused-ring (bicyclic) bond motifs is 1. The fourth-order valence-corrected chi connectivity index (χ4v) is 2.54. The van der Waals surface area contributed by atoms with E-state index in [0.29, 0.717) is 6.42 Å². The first kappa shape index (κ1) is 12.5. The summed E-state index contributed by atoms with van der Waals surface area (Å²) in [5.74, 6) is 1.19. The van der Waals surface area contributed by atoms with Gasteiger partial charge in [-0.3, -0.25) is 4.79 Å². The zero-order valence-corrected chi connectivity index (χ0v) is 10.8. The van der Waals surface area contributed by atoms with Gasteiger partial charge in [0.2, 0.25) is 5.91 Å². The minimum Gasteiger partial charge on any atom is -0.326 e. The predicted octanol–water partition coefficient (Wildman–Crippen LogP) is 2.32. The van der Waals surface area contributed by atoms with Gasteiger partial charge in [0.1, 0.15) is 0 Å². The molecule has 1 aliphatic rings. The van der Waals surface area contributed by atoms with Crippen LogP contribution in [-0.4, -0.2) is 17.9 Å². The summed E-state index contributed by atoms with van der Waals surface area (Å²) in [5, 5.41) is 2.89. The number of carbonyl (C=O) groups excluding carboxylic acids is 1. The molecule has 0 bridgehead atoms. The SMILES string of the molecule is CSCCC(N)c1ccc2c(c1)CCC(=O)N2. The standard InChI is InChI=1S/C13H18N2OS/c1-17-7-6-11(14)9-2-4-12-10(8-9)3-5-13(16)15-12/h2,4,8,11H,3,5-7,14H2,1H3,(H,15,16). The number of rotatable bonds is 4. The molecular weight excluding hydrogens is 232 g/mol. The molecule has 0 aromatic heterocycles. The van der Waals surface area contributed by atoms with E-state index in [1.807, 2.05) is 23.9 Å². The lowest BCUT2D eigenvalue weighted by atomic mass is 9.97. The minimum absolute atomic E-state index is 0.102. The Kier molecular flexibility index (Phi) is 4.07. The van der Waals surface area contributed by atoms with Gasteiger partial charge in [0, 0.05) is 18.2 Å². The molecule has 4 heteroatoms. The van der Waals surface area contributed by atoms with Crippen LogP contribution in [0.25, 0.3) is 0 Å². The van der Waals surface area contributed by atoms with E-state index in [1.54, 1.807) is 0 Å². The molecule has 3 N–H and O–H groups in total. The Labute approximate surface area is 106 Å². The first-order valence-electron chi connectivity index (χ1n) is 5.88. The average molecular weight is 250 g/mol. The van der Waals surface area contributed by atoms with Crippen LogP contribution in [0.4, 0.5) is 5.69 Å². The molecule has 1 aromatic rings. The smallest absolute Gasteiger partial charge is 0.224 e. The van der Waals surface area contributed by atoms with Gasteiger partial charge in [-0.05, 0) is 42.0 Å². The van der Waals surface area contributed by atoms with Crippen LogP contribution < -0.4 is 11.1 Å². The maximum Gasteiger partial charge on any atom is 0.224 e. The maximum absolute atomic E-state index is 11.2. The molecule has 17 heavy (non-hydrogen) atoms. The van der Waals surface area contributed by atoms with E-state index >= 15 is 0 Å². The van der Waals surface area contributed by atoms with E-state index in [1.165, 1.54) is 11.1 Å². The molecule has 0 saturated heterocycles. The largest absolute Gasteiger partial charge is 0.326 e. The summed E-state index contributed by atoms with van der Waals surface area (Å²) in [6, 6.07) is 6.24. The van der Waals surface area contributed by atoms with Gasteiger partial charge in [-0.1, -0.05) is 12.1 Å². The van der Waals surface area contributed by atoms with Gasteiger partial charge in [-0.25, -0.2) is 0 Å². The number of hydrogen-bond donors (Lipinski definition) is 2. The van der Waals surface area contributed by atoms with E-state index in [0.717, 1.165) is 24.3 Å². The third kappa shape index (κ3) is 3.01. The maximum atomic E-state index is 11.2. The van der Waals surface area contributed by atoms with Crippen LogP contribution in [0.15, 0.2) is 18.2 Å². The molecule has 0 fully saturated rings. The van der Waals surface area contributed by atoms with E-state index in [-0.39, 0.29) is 11.9 Å². The Morgan fingerprint density at radius 1 is 1.47 bits per heavy atom. The Bertz CT molecular complexity index is 420. The molecule has 3 nitrogen and oxygen atoms in total. The first-order chi connectivity index (χ1) is 8.20. The second-order valence-electron chi connectivity index (χ2n) is 4.35. The second-order valence-corrected chi connectivity index (χ2v) is 5.34. The molecule has 2 rings (SSSR count). The summed E-state index contributed by atoms with van der Waals surface area (Å²) in [6.07, 6.45) is 4.49. The van der Waals surface area contributed by atoms with Crippen LogP contribution in [0.2, 0.25) is 0 Å². The summed E-state index contributed by atoms with van der Waals surface area (Å²) >= 11 is 1.82. The van der Waals surface area contributed by atoms with Gasteiger partial charge in [-0.2, -0.15) is 11.8 Å². The van der Waals surface area contributed by atoms with Crippen LogP contribution in [0, 0.1) is 0 Å². The van der Waals surface area contributed by atoms with Crippen molar-refractivity contribution in [2.24, 2.45) is 5.73 Å². The van der Waals surface area contributed by atoms with E-state index in [4.69, 9.17) is 5.73 Å². The van der Waals surface area contributed by atoms with Crippen molar-refractivity contribution in [3.05, 3.63) is 29.3 Å². The fourth-order valence-electron chi connectivity index (χ4n) is 2.05. The number of nitrogens with two attached hydrogens (primary N) is 1. The number of anilines is 1. The van der Waals surface area contributed by atoms with Crippen molar-refractivity contribution in [2.75, 3.05) is 17.3 Å². The number of amides is 1. The summed E-state index contributed by atoms with van der Waals surface area (Å²) in [7, 11) is 0. The van der Waals surface area contributed by atoms with Gasteiger partial charge in [0.15, 0.2) is 0 Å². The summed E-state index contributed by atoms with van der Waals surface area (Å²) < 4.78 is 0. The van der Waals surface area contributed by atoms with Gasteiger partial charge in [0.25, 0.3) is 0 Å².